The first kappa shape index (κ1) is 21.7. The number of amides is 1. The molecule has 1 aliphatic heterocycles. The average Bonchev–Trinajstić information content (AvgIpc) is 3.18. The highest BCUT2D eigenvalue weighted by Gasteiger charge is 2.38. The number of aliphatic imine (C=N–C) groups is 1. The Hall–Kier alpha value is -2.97. The van der Waals surface area contributed by atoms with E-state index < -0.39 is 5.91 Å². The number of benzene rings is 2. The minimum atomic E-state index is -0.465. The van der Waals surface area contributed by atoms with E-state index in [0.29, 0.717) is 24.5 Å². The third-order valence-corrected chi connectivity index (χ3v) is 5.39. The van der Waals surface area contributed by atoms with Crippen molar-refractivity contribution in [2.24, 2.45) is 4.99 Å². The van der Waals surface area contributed by atoms with Crippen molar-refractivity contribution < 1.29 is 18.9 Å². The Balaban J connectivity index is 1.79. The summed E-state index contributed by atoms with van der Waals surface area (Å²) in [5.41, 5.74) is 1.59. The molecule has 2 aromatic carbocycles. The van der Waals surface area contributed by atoms with E-state index in [0.717, 1.165) is 5.56 Å². The Bertz CT molecular complexity index is 941. The summed E-state index contributed by atoms with van der Waals surface area (Å²) >= 11 is 0. The second kappa shape index (κ2) is 9.23. The second-order valence-electron chi connectivity index (χ2n) is 7.54. The number of amidine groups is 2. The number of rotatable bonds is 3. The molecule has 0 aliphatic carbocycles. The quantitative estimate of drug-likeness (QED) is 0.589. The van der Waals surface area contributed by atoms with Gasteiger partial charge in [-0.25, -0.2) is 8.78 Å². The van der Waals surface area contributed by atoms with Crippen molar-refractivity contribution in [1.82, 2.24) is 9.80 Å². The molecule has 0 saturated carbocycles. The van der Waals surface area contributed by atoms with E-state index in [2.05, 4.69) is 4.99 Å². The molecule has 1 fully saturated rings. The van der Waals surface area contributed by atoms with E-state index in [1.807, 2.05) is 19.0 Å². The summed E-state index contributed by atoms with van der Waals surface area (Å²) in [6.45, 7) is 0.875. The number of quaternary nitrogens is 1. The molecule has 1 amide bonds. The SMILES string of the molecule is C[NH2+]C(=NC(=N)C(=O)N1CC(c2ccc(F)cc2)C(N(C)C)C1)c1ccc(F)cc1. The first-order valence-electron chi connectivity index (χ1n) is 9.74. The van der Waals surface area contributed by atoms with Gasteiger partial charge in [-0.15, -0.1) is 0 Å². The molecule has 1 saturated heterocycles. The highest BCUT2D eigenvalue weighted by Crippen LogP contribution is 2.30. The van der Waals surface area contributed by atoms with Gasteiger partial charge < -0.3 is 9.80 Å². The highest BCUT2D eigenvalue weighted by atomic mass is 19.1. The first-order valence-corrected chi connectivity index (χ1v) is 9.74. The van der Waals surface area contributed by atoms with Crippen LogP contribution in [0.4, 0.5) is 8.78 Å². The summed E-state index contributed by atoms with van der Waals surface area (Å²) in [6, 6.07) is 12.1. The smallest absolute Gasteiger partial charge is 0.291 e. The van der Waals surface area contributed by atoms with Crippen molar-refractivity contribution in [3.8, 4) is 0 Å². The number of carbonyl (C=O) groups excluding carboxylic acids is 1. The number of nitrogens with zero attached hydrogens (tertiary/aromatic N) is 3. The topological polar surface area (TPSA) is 76.4 Å². The third-order valence-electron chi connectivity index (χ3n) is 5.39. The number of carbonyl (C=O) groups is 1. The lowest BCUT2D eigenvalue weighted by Gasteiger charge is -2.25. The van der Waals surface area contributed by atoms with E-state index in [1.54, 1.807) is 41.5 Å². The zero-order chi connectivity index (χ0) is 21.8. The lowest BCUT2D eigenvalue weighted by Crippen LogP contribution is -2.84. The second-order valence-corrected chi connectivity index (χ2v) is 7.54. The lowest BCUT2D eigenvalue weighted by atomic mass is 9.94. The Morgan fingerprint density at radius 2 is 1.63 bits per heavy atom. The summed E-state index contributed by atoms with van der Waals surface area (Å²) in [7, 11) is 5.64. The van der Waals surface area contributed by atoms with Crippen LogP contribution in [0.25, 0.3) is 0 Å². The highest BCUT2D eigenvalue weighted by molar-refractivity contribution is 6.38. The summed E-state index contributed by atoms with van der Waals surface area (Å²) in [5, 5.41) is 9.90. The molecule has 6 nitrogen and oxygen atoms in total. The predicted molar refractivity (Wildman–Crippen MR) is 112 cm³/mol. The number of hydrogen-bond donors (Lipinski definition) is 2. The van der Waals surface area contributed by atoms with Crippen molar-refractivity contribution in [2.45, 2.75) is 12.0 Å². The van der Waals surface area contributed by atoms with Gasteiger partial charge in [-0.3, -0.25) is 15.5 Å². The molecule has 2 atom stereocenters. The fourth-order valence-electron chi connectivity index (χ4n) is 3.75. The van der Waals surface area contributed by atoms with E-state index >= 15 is 0 Å². The molecular weight excluding hydrogens is 388 g/mol. The Morgan fingerprint density at radius 3 is 2.17 bits per heavy atom. The maximum atomic E-state index is 13.3. The molecule has 0 bridgehead atoms. The number of likely N-dealkylation sites (tertiary alicyclic amines) is 1. The molecule has 8 heteroatoms. The zero-order valence-electron chi connectivity index (χ0n) is 17.3. The van der Waals surface area contributed by atoms with Gasteiger partial charge in [0.25, 0.3) is 5.91 Å². The standard InChI is InChI=1S/C22H25F2N5O/c1-26-21(15-6-10-17(24)11-7-15)27-20(25)22(30)29-12-18(19(13-29)28(2)3)14-4-8-16(23)9-5-14/h4-11,18-19H,12-13H2,1-3H3,(H2,25,26,27)/p+1. The van der Waals surface area contributed by atoms with Gasteiger partial charge in [0.15, 0.2) is 0 Å². The van der Waals surface area contributed by atoms with E-state index in [1.165, 1.54) is 24.3 Å². The maximum absolute atomic E-state index is 13.3. The van der Waals surface area contributed by atoms with Crippen LogP contribution in [0.2, 0.25) is 0 Å². The van der Waals surface area contributed by atoms with Crippen LogP contribution in [-0.2, 0) is 4.79 Å². The molecule has 3 rings (SSSR count). The van der Waals surface area contributed by atoms with Gasteiger partial charge in [0.2, 0.25) is 11.7 Å². The van der Waals surface area contributed by atoms with Crippen molar-refractivity contribution in [3.63, 3.8) is 0 Å². The molecule has 0 spiro atoms. The molecule has 30 heavy (non-hydrogen) atoms. The Labute approximate surface area is 174 Å². The van der Waals surface area contributed by atoms with Crippen LogP contribution >= 0.6 is 0 Å². The van der Waals surface area contributed by atoms with Crippen LogP contribution < -0.4 is 5.32 Å². The number of hydrogen-bond acceptors (Lipinski definition) is 3. The van der Waals surface area contributed by atoms with E-state index in [9.17, 15) is 13.6 Å². The molecule has 1 heterocycles. The number of nitrogens with one attached hydrogen (secondary N) is 1. The van der Waals surface area contributed by atoms with Gasteiger partial charge in [0.05, 0.1) is 12.6 Å². The molecule has 158 valence electrons. The molecule has 2 unspecified atom stereocenters. The maximum Gasteiger partial charge on any atom is 0.291 e. The van der Waals surface area contributed by atoms with Crippen LogP contribution in [0.3, 0.4) is 0 Å². The molecule has 0 aromatic heterocycles. The minimum Gasteiger partial charge on any atom is -0.334 e. The van der Waals surface area contributed by atoms with Crippen LogP contribution in [0.5, 0.6) is 0 Å². The van der Waals surface area contributed by atoms with Gasteiger partial charge in [0, 0.05) is 25.0 Å². The molecular formula is C22H26F2N5O+. The average molecular weight is 414 g/mol. The molecule has 1 aliphatic rings. The fraction of sp³-hybridized carbons (Fsp3) is 0.318. The Kier molecular flexibility index (Phi) is 6.69. The molecule has 2 aromatic rings. The molecule has 0 radical (unpaired) electrons. The monoisotopic (exact) mass is 414 g/mol. The van der Waals surface area contributed by atoms with Gasteiger partial charge in [0.1, 0.15) is 11.6 Å². The van der Waals surface area contributed by atoms with Gasteiger partial charge in [-0.05, 0) is 56.1 Å². The van der Waals surface area contributed by atoms with Gasteiger partial charge in [-0.1, -0.05) is 12.1 Å². The first-order chi connectivity index (χ1) is 14.3. The largest absolute Gasteiger partial charge is 0.334 e. The van der Waals surface area contributed by atoms with Crippen LogP contribution in [0.15, 0.2) is 53.5 Å². The minimum absolute atomic E-state index is 0.00985. The van der Waals surface area contributed by atoms with Crippen molar-refractivity contribution in [2.75, 3.05) is 34.2 Å². The van der Waals surface area contributed by atoms with Crippen LogP contribution in [0.1, 0.15) is 17.0 Å². The van der Waals surface area contributed by atoms with E-state index in [-0.39, 0.29) is 29.4 Å². The lowest BCUT2D eigenvalue weighted by molar-refractivity contribution is -0.505. The Morgan fingerprint density at radius 1 is 1.07 bits per heavy atom. The summed E-state index contributed by atoms with van der Waals surface area (Å²) in [4.78, 5) is 20.8. The molecule has 3 N–H and O–H groups in total. The van der Waals surface area contributed by atoms with Crippen molar-refractivity contribution in [1.29, 1.82) is 5.41 Å². The summed E-state index contributed by atoms with van der Waals surface area (Å²) < 4.78 is 26.5. The van der Waals surface area contributed by atoms with Crippen molar-refractivity contribution in [3.05, 3.63) is 71.3 Å². The van der Waals surface area contributed by atoms with Gasteiger partial charge in [-0.2, -0.15) is 4.99 Å². The summed E-state index contributed by atoms with van der Waals surface area (Å²) in [5.74, 6) is -1.05. The number of nitrogens with two attached hydrogens (primary N) is 1. The van der Waals surface area contributed by atoms with Crippen LogP contribution in [-0.4, -0.2) is 67.7 Å². The van der Waals surface area contributed by atoms with E-state index in [4.69, 9.17) is 5.41 Å². The van der Waals surface area contributed by atoms with Crippen molar-refractivity contribution >= 4 is 17.6 Å². The zero-order valence-corrected chi connectivity index (χ0v) is 17.3. The normalized spacial score (nSPS) is 19.4. The van der Waals surface area contributed by atoms with Gasteiger partial charge >= 0.3 is 0 Å². The fourth-order valence-corrected chi connectivity index (χ4v) is 3.75. The number of likely N-dealkylation sites (N-methyl/N-ethyl adjacent to an activating group) is 1. The summed E-state index contributed by atoms with van der Waals surface area (Å²) in [6.07, 6.45) is 0. The number of halogens is 2. The van der Waals surface area contributed by atoms with Crippen LogP contribution in [0, 0.1) is 17.0 Å². The third kappa shape index (κ3) is 4.77. The predicted octanol–water partition coefficient (Wildman–Crippen LogP) is 1.44.